The summed E-state index contributed by atoms with van der Waals surface area (Å²) in [5.74, 6) is 2.52. The number of aliphatic hydroxyl groups is 1. The van der Waals surface area contributed by atoms with Crippen molar-refractivity contribution in [2.45, 2.75) is 69.9 Å². The van der Waals surface area contributed by atoms with E-state index >= 15 is 0 Å². The SMILES string of the molecule is COc1cc2c3c(c1O)OC1=CC=C(CC1)CC1=NCCC4=C1C(O)=C(OCC1=CC=C(CC1)C[C@H]3N(C)CC2)C(OC)C4. The number of phenols is 1. The van der Waals surface area contributed by atoms with Crippen LogP contribution in [0.4, 0.5) is 0 Å². The van der Waals surface area contributed by atoms with Gasteiger partial charge in [0.1, 0.15) is 18.5 Å². The average Bonchev–Trinajstić information content (AvgIpc) is 3.04. The number of nitrogens with zero attached hydrogens (tertiary/aromatic N) is 2. The maximum atomic E-state index is 11.6. The molecule has 0 saturated heterocycles. The van der Waals surface area contributed by atoms with Crippen molar-refractivity contribution < 1.29 is 29.2 Å². The van der Waals surface area contributed by atoms with Crippen molar-refractivity contribution in [3.05, 3.63) is 86.6 Å². The Bertz CT molecular complexity index is 1590. The summed E-state index contributed by atoms with van der Waals surface area (Å²) in [7, 11) is 5.43. The first kappa shape index (κ1) is 29.0. The Labute approximate surface area is 259 Å². The highest BCUT2D eigenvalue weighted by molar-refractivity contribution is 6.06. The minimum absolute atomic E-state index is 0.0575. The van der Waals surface area contributed by atoms with Gasteiger partial charge in [0.2, 0.25) is 5.75 Å². The third-order valence-corrected chi connectivity index (χ3v) is 10.0. The lowest BCUT2D eigenvalue weighted by Crippen LogP contribution is -2.33. The fraction of sp³-hybridized carbons (Fsp3) is 0.472. The number of phenolic OH excluding ortho intramolecular Hbond substituents is 1. The van der Waals surface area contributed by atoms with Gasteiger partial charge in [-0.2, -0.15) is 0 Å². The summed E-state index contributed by atoms with van der Waals surface area (Å²) in [6.07, 6.45) is 15.4. The maximum absolute atomic E-state index is 11.6. The minimum atomic E-state index is -0.302. The summed E-state index contributed by atoms with van der Waals surface area (Å²) in [6, 6.07) is 2.05. The average molecular weight is 599 g/mol. The molecule has 0 saturated carbocycles. The van der Waals surface area contributed by atoms with Gasteiger partial charge >= 0.3 is 0 Å². The second-order valence-corrected chi connectivity index (χ2v) is 12.7. The predicted molar refractivity (Wildman–Crippen MR) is 169 cm³/mol. The van der Waals surface area contributed by atoms with Gasteiger partial charge in [-0.15, -0.1) is 0 Å². The monoisotopic (exact) mass is 598 g/mol. The molecule has 0 radical (unpaired) electrons. The van der Waals surface area contributed by atoms with E-state index in [2.05, 4.69) is 30.2 Å². The first-order valence-electron chi connectivity index (χ1n) is 15.8. The number of methoxy groups -OCH3 is 2. The van der Waals surface area contributed by atoms with E-state index in [4.69, 9.17) is 23.9 Å². The third kappa shape index (κ3) is 5.28. The molecule has 44 heavy (non-hydrogen) atoms. The van der Waals surface area contributed by atoms with Crippen LogP contribution in [-0.2, 0) is 15.9 Å². The molecule has 0 aromatic heterocycles. The van der Waals surface area contributed by atoms with Gasteiger partial charge in [0.05, 0.1) is 7.11 Å². The van der Waals surface area contributed by atoms with Crippen LogP contribution in [0.2, 0.25) is 0 Å². The van der Waals surface area contributed by atoms with E-state index < -0.39 is 0 Å². The maximum Gasteiger partial charge on any atom is 0.201 e. The Kier molecular flexibility index (Phi) is 7.89. The predicted octanol–water partition coefficient (Wildman–Crippen LogP) is 6.70. The van der Waals surface area contributed by atoms with Crippen molar-refractivity contribution in [3.63, 3.8) is 0 Å². The van der Waals surface area contributed by atoms with Gasteiger partial charge in [-0.25, -0.2) is 0 Å². The molecule has 6 heterocycles. The fourth-order valence-electron chi connectivity index (χ4n) is 7.45. The molecular weight excluding hydrogens is 556 g/mol. The number of benzene rings is 1. The lowest BCUT2D eigenvalue weighted by atomic mass is 9.83. The van der Waals surface area contributed by atoms with Gasteiger partial charge in [0, 0.05) is 62.4 Å². The van der Waals surface area contributed by atoms with Crippen LogP contribution in [0.15, 0.2) is 80.5 Å². The van der Waals surface area contributed by atoms with E-state index in [1.54, 1.807) is 14.2 Å². The number of likely N-dealkylation sites (N-methyl/N-ethyl adjacent to an activating group) is 1. The Morgan fingerprint density at radius 2 is 1.73 bits per heavy atom. The lowest BCUT2D eigenvalue weighted by Gasteiger charge is -2.37. The molecule has 1 unspecified atom stereocenters. The van der Waals surface area contributed by atoms with Crippen LogP contribution in [0.5, 0.6) is 17.2 Å². The number of allylic oxidation sites excluding steroid dienone is 7. The number of aliphatic imine (C=N–C) groups is 1. The molecule has 2 N–H and O–H groups in total. The highest BCUT2D eigenvalue weighted by Gasteiger charge is 2.36. The number of ether oxygens (including phenoxy) is 4. The van der Waals surface area contributed by atoms with Gasteiger partial charge in [-0.05, 0) is 68.9 Å². The third-order valence-electron chi connectivity index (χ3n) is 10.0. The fourth-order valence-corrected chi connectivity index (χ4v) is 7.45. The number of aromatic hydroxyl groups is 1. The lowest BCUT2D eigenvalue weighted by molar-refractivity contribution is 0.0565. The standard InChI is InChI=1S/C36H42N2O6/c1-38-15-13-25-18-29(41-2)33(39)36-32(25)28(38)17-22-4-6-23(7-5-22)20-43-35-30(42-3)19-24-12-14-37-27(31(24)34(35)40)16-21-8-10-26(44-36)11-9-21/h4,6,8,10,18,28,30,39-40H,5,7,9,11-17,19-20H2,1-3H3/t28-,30?/m1/s1. The van der Waals surface area contributed by atoms with Gasteiger partial charge in [-0.3, -0.25) is 9.89 Å². The first-order chi connectivity index (χ1) is 21.4. The van der Waals surface area contributed by atoms with Crippen LogP contribution < -0.4 is 9.47 Å². The molecule has 3 aliphatic carbocycles. The molecule has 0 spiro atoms. The largest absolute Gasteiger partial charge is 0.504 e. The molecule has 6 aliphatic heterocycles. The zero-order valence-corrected chi connectivity index (χ0v) is 25.9. The number of aliphatic hydroxyl groups excluding tert-OH is 1. The molecule has 0 fully saturated rings. The molecule has 2 atom stereocenters. The summed E-state index contributed by atoms with van der Waals surface area (Å²) in [5.41, 5.74) is 8.92. The van der Waals surface area contributed by atoms with Gasteiger partial charge in [0.25, 0.3) is 0 Å². The molecular formula is C36H42N2O6. The van der Waals surface area contributed by atoms with E-state index in [-0.39, 0.29) is 23.7 Å². The highest BCUT2D eigenvalue weighted by atomic mass is 16.5. The zero-order valence-electron chi connectivity index (χ0n) is 25.9. The number of rotatable bonds is 2. The van der Waals surface area contributed by atoms with Gasteiger partial charge < -0.3 is 29.2 Å². The summed E-state index contributed by atoms with van der Waals surface area (Å²) >= 11 is 0. The summed E-state index contributed by atoms with van der Waals surface area (Å²) in [6.45, 7) is 2.04. The van der Waals surface area contributed by atoms with E-state index in [0.29, 0.717) is 49.7 Å². The minimum Gasteiger partial charge on any atom is -0.504 e. The highest BCUT2D eigenvalue weighted by Crippen LogP contribution is 2.50. The molecule has 9 aliphatic rings. The van der Waals surface area contributed by atoms with Gasteiger partial charge in [-0.1, -0.05) is 34.9 Å². The van der Waals surface area contributed by atoms with Crippen molar-refractivity contribution in [3.8, 4) is 17.2 Å². The Hall–Kier alpha value is -3.75. The molecule has 0 amide bonds. The van der Waals surface area contributed by atoms with Crippen LogP contribution in [0.25, 0.3) is 0 Å². The number of hydrogen-bond acceptors (Lipinski definition) is 8. The molecule has 10 rings (SSSR count). The molecule has 8 heteroatoms. The van der Waals surface area contributed by atoms with E-state index in [0.717, 1.165) is 67.7 Å². The van der Waals surface area contributed by atoms with E-state index in [1.807, 2.05) is 12.1 Å². The summed E-state index contributed by atoms with van der Waals surface area (Å²) < 4.78 is 24.4. The van der Waals surface area contributed by atoms with Crippen molar-refractivity contribution in [2.75, 3.05) is 41.0 Å². The molecule has 6 bridgehead atoms. The number of hydrogen-bond donors (Lipinski definition) is 2. The Balaban J connectivity index is 1.32. The number of dihydropyridines is 1. The van der Waals surface area contributed by atoms with Crippen molar-refractivity contribution in [2.24, 2.45) is 4.99 Å². The Morgan fingerprint density at radius 3 is 2.48 bits per heavy atom. The first-order valence-corrected chi connectivity index (χ1v) is 15.8. The summed E-state index contributed by atoms with van der Waals surface area (Å²) in [5, 5.41) is 23.0. The van der Waals surface area contributed by atoms with Gasteiger partial charge in [0.15, 0.2) is 23.0 Å². The summed E-state index contributed by atoms with van der Waals surface area (Å²) in [4.78, 5) is 7.26. The van der Waals surface area contributed by atoms with Crippen LogP contribution in [0.1, 0.15) is 68.5 Å². The quantitative estimate of drug-likeness (QED) is 0.391. The molecule has 8 nitrogen and oxygen atoms in total. The van der Waals surface area contributed by atoms with Crippen LogP contribution in [0.3, 0.4) is 0 Å². The van der Waals surface area contributed by atoms with Crippen LogP contribution in [-0.4, -0.2) is 67.9 Å². The second-order valence-electron chi connectivity index (χ2n) is 12.7. The van der Waals surface area contributed by atoms with Crippen molar-refractivity contribution in [1.82, 2.24) is 4.90 Å². The molecule has 232 valence electrons. The van der Waals surface area contributed by atoms with Crippen LogP contribution >= 0.6 is 0 Å². The molecule has 1 aromatic rings. The van der Waals surface area contributed by atoms with Crippen LogP contribution in [0, 0.1) is 0 Å². The smallest absolute Gasteiger partial charge is 0.201 e. The Morgan fingerprint density at radius 1 is 0.932 bits per heavy atom. The molecule has 1 aromatic carbocycles. The van der Waals surface area contributed by atoms with Crippen molar-refractivity contribution in [1.29, 1.82) is 0 Å². The van der Waals surface area contributed by atoms with Crippen molar-refractivity contribution >= 4 is 5.71 Å². The second kappa shape index (κ2) is 12.0. The van der Waals surface area contributed by atoms with E-state index in [9.17, 15) is 10.2 Å². The zero-order chi connectivity index (χ0) is 30.4. The topological polar surface area (TPSA) is 93.0 Å². The normalized spacial score (nSPS) is 25.6. The van der Waals surface area contributed by atoms with E-state index in [1.165, 1.54) is 27.9 Å².